The molecule has 59 valence electrons. The van der Waals surface area contributed by atoms with Gasteiger partial charge in [-0.25, -0.2) is 0 Å². The van der Waals surface area contributed by atoms with Gasteiger partial charge >= 0.3 is 74.1 Å². The van der Waals surface area contributed by atoms with Crippen LogP contribution in [-0.4, -0.2) is 38.9 Å². The first-order chi connectivity index (χ1) is 5.34. The molecule has 1 rings (SSSR count). The molecule has 1 N–H and O–H groups in total. The molecule has 1 aliphatic rings. The van der Waals surface area contributed by atoms with Crippen LogP contribution in [0.15, 0.2) is 29.3 Å². The van der Waals surface area contributed by atoms with Gasteiger partial charge in [0.25, 0.3) is 0 Å². The van der Waals surface area contributed by atoms with Gasteiger partial charge in [-0.2, -0.15) is 0 Å². The van der Waals surface area contributed by atoms with Crippen molar-refractivity contribution >= 4 is 20.6 Å². The summed E-state index contributed by atoms with van der Waals surface area (Å²) in [5.74, 6) is 0.307. The molecule has 0 saturated heterocycles. The maximum absolute atomic E-state index is 8.50. The number of aliphatic hydroxyl groups excluding tert-OH is 1. The molecule has 0 unspecified atom stereocenters. The quantitative estimate of drug-likeness (QED) is 0.532. The van der Waals surface area contributed by atoms with Gasteiger partial charge in [0.15, 0.2) is 0 Å². The molecule has 0 aromatic heterocycles. The first kappa shape index (κ1) is 8.72. The third kappa shape index (κ3) is 2.62. The molecule has 0 amide bonds. The Kier molecular flexibility index (Phi) is 3.57. The maximum atomic E-state index is 8.50. The first-order valence-electron chi connectivity index (χ1n) is 3.52. The number of rotatable bonds is 3. The van der Waals surface area contributed by atoms with Crippen molar-refractivity contribution in [1.29, 1.82) is 0 Å². The second-order valence-corrected chi connectivity index (χ2v) is 3.12. The zero-order chi connectivity index (χ0) is 8.10. The van der Waals surface area contributed by atoms with E-state index in [1.165, 1.54) is 0 Å². The molecule has 1 aliphatic carbocycles. The van der Waals surface area contributed by atoms with Gasteiger partial charge in [0.05, 0.1) is 0 Å². The molecule has 0 atom stereocenters. The fourth-order valence-electron chi connectivity index (χ4n) is 0.862. The molecule has 0 aliphatic heterocycles. The molecule has 1 radical (unpaired) electrons. The van der Waals surface area contributed by atoms with Gasteiger partial charge < -0.3 is 0 Å². The van der Waals surface area contributed by atoms with Gasteiger partial charge in [0.2, 0.25) is 0 Å². The summed E-state index contributed by atoms with van der Waals surface area (Å²) in [6, 6.07) is 0. The topological polar surface area (TPSA) is 32.6 Å². The predicted molar refractivity (Wildman–Crippen MR) is 46.9 cm³/mol. The summed E-state index contributed by atoms with van der Waals surface area (Å²) in [6.07, 6.45) is 8.12. The molecular formula is C8H10NOSe. The average Bonchev–Trinajstić information content (AvgIpc) is 2.52. The number of aliphatic imine (C=N–C) groups is 1. The second kappa shape index (κ2) is 4.50. The van der Waals surface area contributed by atoms with Crippen LogP contribution in [0, 0.1) is 5.92 Å². The summed E-state index contributed by atoms with van der Waals surface area (Å²) < 4.78 is 0.948. The number of allylic oxidation sites excluding steroid dienone is 4. The summed E-state index contributed by atoms with van der Waals surface area (Å²) in [7, 11) is 0. The van der Waals surface area contributed by atoms with E-state index >= 15 is 0 Å². The van der Waals surface area contributed by atoms with Crippen LogP contribution >= 0.6 is 0 Å². The van der Waals surface area contributed by atoms with Crippen molar-refractivity contribution in [1.82, 2.24) is 0 Å². The SMILES string of the molecule is OCCN=C([Se])C1C=CC=C1. The zero-order valence-electron chi connectivity index (χ0n) is 6.10. The van der Waals surface area contributed by atoms with Crippen molar-refractivity contribution in [2.45, 2.75) is 0 Å². The van der Waals surface area contributed by atoms with Gasteiger partial charge in [0.1, 0.15) is 0 Å². The van der Waals surface area contributed by atoms with Crippen LogP contribution < -0.4 is 0 Å². The van der Waals surface area contributed by atoms with Gasteiger partial charge in [-0.05, 0) is 0 Å². The van der Waals surface area contributed by atoms with Crippen LogP contribution in [0.25, 0.3) is 0 Å². The Balaban J connectivity index is 2.46. The molecule has 2 nitrogen and oxygen atoms in total. The molecule has 0 spiro atoms. The van der Waals surface area contributed by atoms with E-state index in [1.54, 1.807) is 0 Å². The van der Waals surface area contributed by atoms with Crippen LogP contribution in [0.5, 0.6) is 0 Å². The molecule has 11 heavy (non-hydrogen) atoms. The fraction of sp³-hybridized carbons (Fsp3) is 0.375. The van der Waals surface area contributed by atoms with E-state index in [0.717, 1.165) is 4.61 Å². The molecule has 0 saturated carbocycles. The van der Waals surface area contributed by atoms with Crippen molar-refractivity contribution in [3.63, 3.8) is 0 Å². The number of hydrogen-bond donors (Lipinski definition) is 1. The molecular weight excluding hydrogens is 205 g/mol. The number of aliphatic hydroxyl groups is 1. The Morgan fingerprint density at radius 3 is 2.64 bits per heavy atom. The van der Waals surface area contributed by atoms with Gasteiger partial charge in [-0.1, -0.05) is 0 Å². The Hall–Kier alpha value is -0.371. The van der Waals surface area contributed by atoms with E-state index in [1.807, 2.05) is 12.2 Å². The molecule has 0 bridgehead atoms. The van der Waals surface area contributed by atoms with Crippen molar-refractivity contribution in [2.75, 3.05) is 13.2 Å². The molecule has 0 heterocycles. The summed E-state index contributed by atoms with van der Waals surface area (Å²) in [4.78, 5) is 4.13. The van der Waals surface area contributed by atoms with E-state index in [4.69, 9.17) is 5.11 Å². The molecule has 0 aromatic carbocycles. The molecule has 0 aromatic rings. The van der Waals surface area contributed by atoms with E-state index in [2.05, 4.69) is 33.2 Å². The third-order valence-corrected chi connectivity index (χ3v) is 2.24. The van der Waals surface area contributed by atoms with Gasteiger partial charge in [-0.15, -0.1) is 0 Å². The molecule has 0 fully saturated rings. The normalized spacial score (nSPS) is 18.1. The predicted octanol–water partition coefficient (Wildman–Crippen LogP) is 0.288. The Morgan fingerprint density at radius 2 is 2.09 bits per heavy atom. The third-order valence-electron chi connectivity index (χ3n) is 1.40. The van der Waals surface area contributed by atoms with E-state index in [-0.39, 0.29) is 6.61 Å². The monoisotopic (exact) mass is 216 g/mol. The fourth-order valence-corrected chi connectivity index (χ4v) is 1.38. The average molecular weight is 215 g/mol. The van der Waals surface area contributed by atoms with E-state index in [9.17, 15) is 0 Å². The van der Waals surface area contributed by atoms with E-state index in [0.29, 0.717) is 12.5 Å². The molecule has 3 heteroatoms. The van der Waals surface area contributed by atoms with E-state index < -0.39 is 0 Å². The van der Waals surface area contributed by atoms with Crippen LogP contribution in [0.1, 0.15) is 0 Å². The first-order valence-corrected chi connectivity index (χ1v) is 4.37. The summed E-state index contributed by atoms with van der Waals surface area (Å²) in [5, 5.41) is 8.50. The van der Waals surface area contributed by atoms with Gasteiger partial charge in [-0.3, -0.25) is 0 Å². The van der Waals surface area contributed by atoms with Crippen molar-refractivity contribution < 1.29 is 5.11 Å². The summed E-state index contributed by atoms with van der Waals surface area (Å²) >= 11 is 2.89. The second-order valence-electron chi connectivity index (χ2n) is 2.24. The van der Waals surface area contributed by atoms with Crippen molar-refractivity contribution in [3.05, 3.63) is 24.3 Å². The number of nitrogens with zero attached hydrogens (tertiary/aromatic N) is 1. The standard InChI is InChI=1S/C8H10NOSe/c10-6-5-9-8(11)7-3-1-2-4-7/h1-4,7,10H,5-6H2. The van der Waals surface area contributed by atoms with Crippen LogP contribution in [0.2, 0.25) is 0 Å². The summed E-state index contributed by atoms with van der Waals surface area (Å²) in [6.45, 7) is 0.603. The van der Waals surface area contributed by atoms with Crippen molar-refractivity contribution in [2.24, 2.45) is 10.9 Å². The van der Waals surface area contributed by atoms with Crippen LogP contribution in [-0.2, 0) is 0 Å². The van der Waals surface area contributed by atoms with Crippen LogP contribution in [0.4, 0.5) is 0 Å². The Labute approximate surface area is 74.5 Å². The number of hydrogen-bond acceptors (Lipinski definition) is 2. The summed E-state index contributed by atoms with van der Waals surface area (Å²) in [5.41, 5.74) is 0. The Bertz CT molecular complexity index is 196. The minimum atomic E-state index is 0.116. The van der Waals surface area contributed by atoms with Gasteiger partial charge in [0, 0.05) is 0 Å². The zero-order valence-corrected chi connectivity index (χ0v) is 7.82. The van der Waals surface area contributed by atoms with Crippen molar-refractivity contribution in [3.8, 4) is 0 Å². The minimum absolute atomic E-state index is 0.116. The Morgan fingerprint density at radius 1 is 1.45 bits per heavy atom. The van der Waals surface area contributed by atoms with Crippen LogP contribution in [0.3, 0.4) is 0 Å².